The molecule has 1 aliphatic heterocycles. The van der Waals surface area contributed by atoms with Crippen LogP contribution in [0.25, 0.3) is 6.08 Å². The third-order valence-electron chi connectivity index (χ3n) is 2.14. The summed E-state index contributed by atoms with van der Waals surface area (Å²) >= 11 is 0. The van der Waals surface area contributed by atoms with Crippen molar-refractivity contribution in [2.75, 3.05) is 6.61 Å². The van der Waals surface area contributed by atoms with Gasteiger partial charge in [-0.2, -0.15) is 0 Å². The molecule has 0 saturated heterocycles. The van der Waals surface area contributed by atoms with Crippen molar-refractivity contribution >= 4 is 18.2 Å². The predicted molar refractivity (Wildman–Crippen MR) is 58.5 cm³/mol. The van der Waals surface area contributed by atoms with Gasteiger partial charge < -0.3 is 9.15 Å². The summed E-state index contributed by atoms with van der Waals surface area (Å²) in [7, 11) is 0. The molecule has 0 bridgehead atoms. The number of oxazole rings is 1. The van der Waals surface area contributed by atoms with Crippen LogP contribution in [0.5, 0.6) is 0 Å². The smallest absolute Gasteiger partial charge is 0.246 e. The van der Waals surface area contributed by atoms with Gasteiger partial charge in [0.05, 0.1) is 6.10 Å². The Bertz CT molecular complexity index is 393. The molecule has 0 saturated carbocycles. The molecule has 4 nitrogen and oxygen atoms in total. The van der Waals surface area contributed by atoms with Gasteiger partial charge in [0.25, 0.3) is 0 Å². The second-order valence-corrected chi connectivity index (χ2v) is 3.32. The van der Waals surface area contributed by atoms with Crippen molar-refractivity contribution in [2.24, 2.45) is 4.99 Å². The fraction of sp³-hybridized carbons (Fsp3) is 0.455. The van der Waals surface area contributed by atoms with Gasteiger partial charge in [0.2, 0.25) is 5.88 Å². The molecule has 0 N–H and O–H groups in total. The van der Waals surface area contributed by atoms with Gasteiger partial charge in [0, 0.05) is 26.2 Å². The van der Waals surface area contributed by atoms with Crippen LogP contribution in [0.15, 0.2) is 15.5 Å². The lowest BCUT2D eigenvalue weighted by Gasteiger charge is -2.10. The number of fused-ring (bicyclic) bond motifs is 1. The number of hydrogen-bond donors (Lipinski definition) is 0. The van der Waals surface area contributed by atoms with Crippen molar-refractivity contribution < 1.29 is 9.15 Å². The van der Waals surface area contributed by atoms with Gasteiger partial charge in [-0.25, -0.2) is 9.98 Å². The Balaban J connectivity index is 2.24. The highest BCUT2D eigenvalue weighted by atomic mass is 16.5. The molecule has 0 aliphatic carbocycles. The molecule has 1 aromatic rings. The van der Waals surface area contributed by atoms with E-state index in [1.54, 1.807) is 0 Å². The molecule has 0 amide bonds. The molecule has 0 aromatic carbocycles. The number of hydrogen-bond acceptors (Lipinski definition) is 4. The standard InChI is InChI=1S/C11H14N2O2/c1-3-14-9-4-5-10-11(12-7-6-9)15-8(2)13-10/h4-5,7,9H,3,6H2,1-2H3. The van der Waals surface area contributed by atoms with Gasteiger partial charge >= 0.3 is 0 Å². The largest absolute Gasteiger partial charge is 0.423 e. The summed E-state index contributed by atoms with van der Waals surface area (Å²) in [5, 5.41) is 0. The highest BCUT2D eigenvalue weighted by Crippen LogP contribution is 2.23. The van der Waals surface area contributed by atoms with Crippen molar-refractivity contribution in [3.05, 3.63) is 17.7 Å². The van der Waals surface area contributed by atoms with Crippen LogP contribution in [0.3, 0.4) is 0 Å². The quantitative estimate of drug-likeness (QED) is 0.747. The van der Waals surface area contributed by atoms with Gasteiger partial charge in [-0.05, 0) is 13.0 Å². The summed E-state index contributed by atoms with van der Waals surface area (Å²) in [5.74, 6) is 1.22. The maximum Gasteiger partial charge on any atom is 0.246 e. The first-order chi connectivity index (χ1) is 7.29. The summed E-state index contributed by atoms with van der Waals surface area (Å²) in [4.78, 5) is 8.44. The molecular weight excluding hydrogens is 192 g/mol. The van der Waals surface area contributed by atoms with E-state index in [-0.39, 0.29) is 6.10 Å². The first-order valence-electron chi connectivity index (χ1n) is 5.09. The van der Waals surface area contributed by atoms with E-state index in [2.05, 4.69) is 9.98 Å². The molecule has 80 valence electrons. The summed E-state index contributed by atoms with van der Waals surface area (Å²) in [5.41, 5.74) is 0.771. The van der Waals surface area contributed by atoms with Crippen LogP contribution in [0, 0.1) is 6.92 Å². The Labute approximate surface area is 88.7 Å². The number of rotatable bonds is 2. The minimum Gasteiger partial charge on any atom is -0.423 e. The fourth-order valence-electron chi connectivity index (χ4n) is 1.49. The molecule has 1 unspecified atom stereocenters. The average Bonchev–Trinajstić information content (AvgIpc) is 2.52. The van der Waals surface area contributed by atoms with Crippen molar-refractivity contribution in [1.82, 2.24) is 4.98 Å². The summed E-state index contributed by atoms with van der Waals surface area (Å²) in [6.07, 6.45) is 6.57. The molecule has 1 atom stereocenters. The highest BCUT2D eigenvalue weighted by molar-refractivity contribution is 5.68. The molecule has 2 rings (SSSR count). The van der Waals surface area contributed by atoms with E-state index < -0.39 is 0 Å². The predicted octanol–water partition coefficient (Wildman–Crippen LogP) is 2.51. The maximum absolute atomic E-state index is 5.50. The van der Waals surface area contributed by atoms with Crippen LogP contribution in [0.2, 0.25) is 0 Å². The zero-order valence-corrected chi connectivity index (χ0v) is 8.93. The van der Waals surface area contributed by atoms with Gasteiger partial charge in [-0.15, -0.1) is 0 Å². The molecule has 1 aromatic heterocycles. The van der Waals surface area contributed by atoms with E-state index in [0.29, 0.717) is 18.4 Å². The van der Waals surface area contributed by atoms with Gasteiger partial charge in [-0.3, -0.25) is 0 Å². The number of nitrogens with zero attached hydrogens (tertiary/aromatic N) is 2. The lowest BCUT2D eigenvalue weighted by atomic mass is 10.2. The first kappa shape index (κ1) is 10.1. The Hall–Kier alpha value is -1.42. The van der Waals surface area contributed by atoms with Crippen LogP contribution >= 0.6 is 0 Å². The second kappa shape index (κ2) is 4.40. The van der Waals surface area contributed by atoms with Crippen molar-refractivity contribution in [3.8, 4) is 0 Å². The minimum atomic E-state index is 0.0870. The van der Waals surface area contributed by atoms with Crippen molar-refractivity contribution in [2.45, 2.75) is 26.4 Å². The maximum atomic E-state index is 5.50. The number of aromatic nitrogens is 1. The third kappa shape index (κ3) is 2.33. The van der Waals surface area contributed by atoms with Crippen LogP contribution in [0.1, 0.15) is 24.9 Å². The fourth-order valence-corrected chi connectivity index (χ4v) is 1.49. The van der Waals surface area contributed by atoms with Crippen molar-refractivity contribution in [3.63, 3.8) is 0 Å². The third-order valence-corrected chi connectivity index (χ3v) is 2.14. The molecule has 1 aliphatic rings. The minimum absolute atomic E-state index is 0.0870. The van der Waals surface area contributed by atoms with Crippen LogP contribution in [0.4, 0.5) is 5.88 Å². The van der Waals surface area contributed by atoms with Crippen LogP contribution in [-0.2, 0) is 4.74 Å². The van der Waals surface area contributed by atoms with Gasteiger partial charge in [0.15, 0.2) is 5.89 Å². The normalized spacial score (nSPS) is 19.7. The molecule has 15 heavy (non-hydrogen) atoms. The van der Waals surface area contributed by atoms with Gasteiger partial charge in [-0.1, -0.05) is 6.08 Å². The van der Waals surface area contributed by atoms with E-state index in [9.17, 15) is 0 Å². The molecular formula is C11H14N2O2. The Morgan fingerprint density at radius 1 is 1.60 bits per heavy atom. The zero-order chi connectivity index (χ0) is 10.7. The lowest BCUT2D eigenvalue weighted by Crippen LogP contribution is -2.10. The lowest BCUT2D eigenvalue weighted by molar-refractivity contribution is 0.103. The molecule has 0 spiro atoms. The molecule has 2 heterocycles. The number of ether oxygens (including phenoxy) is 1. The molecule has 4 heteroatoms. The van der Waals surface area contributed by atoms with E-state index >= 15 is 0 Å². The summed E-state index contributed by atoms with van der Waals surface area (Å²) in [6, 6.07) is 0. The topological polar surface area (TPSA) is 47.6 Å². The van der Waals surface area contributed by atoms with Crippen LogP contribution in [-0.4, -0.2) is 23.9 Å². The van der Waals surface area contributed by atoms with E-state index in [1.165, 1.54) is 0 Å². The summed E-state index contributed by atoms with van der Waals surface area (Å²) in [6.45, 7) is 4.50. The SMILES string of the molecule is CCOC1C=Cc2nc(C)oc2N=CC1. The second-order valence-electron chi connectivity index (χ2n) is 3.32. The Morgan fingerprint density at radius 2 is 2.47 bits per heavy atom. The average molecular weight is 206 g/mol. The highest BCUT2D eigenvalue weighted by Gasteiger charge is 2.11. The Morgan fingerprint density at radius 3 is 3.27 bits per heavy atom. The monoisotopic (exact) mass is 206 g/mol. The van der Waals surface area contributed by atoms with Gasteiger partial charge in [0.1, 0.15) is 5.69 Å². The first-order valence-corrected chi connectivity index (χ1v) is 5.09. The van der Waals surface area contributed by atoms with Crippen molar-refractivity contribution in [1.29, 1.82) is 0 Å². The number of aliphatic imine (C=N–C) groups is 1. The Kier molecular flexibility index (Phi) is 2.97. The zero-order valence-electron chi connectivity index (χ0n) is 8.93. The van der Waals surface area contributed by atoms with Crippen LogP contribution < -0.4 is 0 Å². The summed E-state index contributed by atoms with van der Waals surface area (Å²) < 4.78 is 10.8. The van der Waals surface area contributed by atoms with E-state index in [4.69, 9.17) is 9.15 Å². The molecule has 0 fully saturated rings. The van der Waals surface area contributed by atoms with E-state index in [0.717, 1.165) is 12.1 Å². The molecule has 0 radical (unpaired) electrons. The van der Waals surface area contributed by atoms with E-state index in [1.807, 2.05) is 32.2 Å². The number of aryl methyl sites for hydroxylation is 1.